The fourth-order valence-electron chi connectivity index (χ4n) is 3.12. The van der Waals surface area contributed by atoms with Crippen LogP contribution in [-0.4, -0.2) is 3.81 Å². The topological polar surface area (TPSA) is 0 Å². The summed E-state index contributed by atoms with van der Waals surface area (Å²) in [7, 11) is 0. The van der Waals surface area contributed by atoms with Crippen LogP contribution >= 0.6 is 0 Å². The molecule has 0 saturated heterocycles. The number of fused-ring (bicyclic) bond motifs is 3. The molecule has 0 bridgehead atoms. The number of hydrogen-bond donors (Lipinski definition) is 0. The minimum absolute atomic E-state index is 0. The summed E-state index contributed by atoms with van der Waals surface area (Å²) in [6, 6.07) is 28.1. The first-order chi connectivity index (χ1) is 11.8. The van der Waals surface area contributed by atoms with Gasteiger partial charge in [0, 0.05) is 0 Å². The van der Waals surface area contributed by atoms with Gasteiger partial charge in [0.05, 0.1) is 0 Å². The van der Waals surface area contributed by atoms with E-state index in [4.69, 9.17) is 0 Å². The molecule has 0 aromatic heterocycles. The predicted molar refractivity (Wildman–Crippen MR) is 99.0 cm³/mol. The molecule has 0 atom stereocenters. The van der Waals surface area contributed by atoms with Gasteiger partial charge in [0.2, 0.25) is 0 Å². The summed E-state index contributed by atoms with van der Waals surface area (Å²) in [5.74, 6) is 0. The Morgan fingerprint density at radius 2 is 1.46 bits per heavy atom. The second kappa shape index (κ2) is 12.4. The Morgan fingerprint density at radius 1 is 0.808 bits per heavy atom. The zero-order valence-electron chi connectivity index (χ0n) is 14.7. The molecule has 2 aliphatic rings. The molecule has 0 heterocycles. The SMILES string of the molecule is [Cl-].[Cl-].[Ti+2]=[C]1CCCC1.[c-]1cccc2c1Cc1ccccc1-2.c1cc[cH-]c1. The minimum atomic E-state index is 0. The molecule has 0 N–H and O–H groups in total. The largest absolute Gasteiger partial charge is 0.214 e. The van der Waals surface area contributed by atoms with Gasteiger partial charge in [-0.15, -0.1) is 5.56 Å². The molecule has 26 heavy (non-hydrogen) atoms. The van der Waals surface area contributed by atoms with E-state index in [1.54, 1.807) is 3.81 Å². The Morgan fingerprint density at radius 3 is 2.04 bits per heavy atom. The maximum absolute atomic E-state index is 3.30. The summed E-state index contributed by atoms with van der Waals surface area (Å²) in [5.41, 5.74) is 5.51. The van der Waals surface area contributed by atoms with Crippen molar-refractivity contribution in [1.29, 1.82) is 0 Å². The Kier molecular flexibility index (Phi) is 10.9. The van der Waals surface area contributed by atoms with Gasteiger partial charge < -0.3 is 24.8 Å². The summed E-state index contributed by atoms with van der Waals surface area (Å²) in [5, 5.41) is 0. The zero-order valence-corrected chi connectivity index (χ0v) is 17.8. The van der Waals surface area contributed by atoms with Crippen LogP contribution in [-0.2, 0) is 26.4 Å². The molecule has 0 radical (unpaired) electrons. The molecule has 134 valence electrons. The summed E-state index contributed by atoms with van der Waals surface area (Å²) in [6.07, 6.45) is 6.75. The van der Waals surface area contributed by atoms with E-state index in [0.717, 1.165) is 6.42 Å². The van der Waals surface area contributed by atoms with E-state index < -0.39 is 0 Å². The predicted octanol–water partition coefficient (Wildman–Crippen LogP) is -0.249. The average molecular weight is 417 g/mol. The van der Waals surface area contributed by atoms with E-state index in [1.165, 1.54) is 47.9 Å². The van der Waals surface area contributed by atoms with Crippen LogP contribution < -0.4 is 24.8 Å². The Balaban J connectivity index is 0.000000220. The van der Waals surface area contributed by atoms with Crippen LogP contribution in [0.25, 0.3) is 11.1 Å². The molecule has 1 fully saturated rings. The van der Waals surface area contributed by atoms with E-state index in [9.17, 15) is 0 Å². The first-order valence-electron chi connectivity index (χ1n) is 8.65. The molecular formula is C23H22Cl2Ti-2. The second-order valence-electron chi connectivity index (χ2n) is 6.17. The minimum Gasteiger partial charge on any atom is -0.214 e. The van der Waals surface area contributed by atoms with Crippen molar-refractivity contribution in [3.05, 3.63) is 90.0 Å². The van der Waals surface area contributed by atoms with Crippen LogP contribution in [0.4, 0.5) is 0 Å². The van der Waals surface area contributed by atoms with Crippen molar-refractivity contribution < 1.29 is 44.8 Å². The summed E-state index contributed by atoms with van der Waals surface area (Å²) >= 11 is 2.26. The van der Waals surface area contributed by atoms with Gasteiger partial charge in [-0.25, -0.2) is 12.1 Å². The number of rotatable bonds is 0. The van der Waals surface area contributed by atoms with Gasteiger partial charge >= 0.3 is 49.5 Å². The number of benzene rings is 2. The first-order valence-corrected chi connectivity index (χ1v) is 9.43. The molecule has 0 amide bonds. The van der Waals surface area contributed by atoms with Crippen molar-refractivity contribution in [2.24, 2.45) is 0 Å². The maximum Gasteiger partial charge on any atom is -0.0253 e. The fourth-order valence-corrected chi connectivity index (χ4v) is 3.67. The molecule has 0 nitrogen and oxygen atoms in total. The Hall–Kier alpha value is -1.05. The van der Waals surface area contributed by atoms with Crippen molar-refractivity contribution in [2.45, 2.75) is 32.1 Å². The average Bonchev–Trinajstić information content (AvgIpc) is 3.38. The van der Waals surface area contributed by atoms with Crippen LogP contribution in [0.2, 0.25) is 0 Å². The standard InChI is InChI=1S/C13H9.C5H8.C5H5.2ClH.Ti/c1-3-7-12-10(5-1)9-11-6-2-4-8-13(11)12;2*1-2-4-5-3-1;;;/h1-5,7-8H,9H2;1-4H2;1-5H;2*1H;/q-1;;-1;;;+2/p-2. The zero-order chi connectivity index (χ0) is 16.6. The van der Waals surface area contributed by atoms with E-state index in [1.807, 2.05) is 36.4 Å². The van der Waals surface area contributed by atoms with Crippen LogP contribution in [0, 0.1) is 6.07 Å². The van der Waals surface area contributed by atoms with Gasteiger partial charge in [-0.05, 0) is 6.42 Å². The smallest absolute Gasteiger partial charge is 0.0253 e. The van der Waals surface area contributed by atoms with Crippen molar-refractivity contribution in [1.82, 2.24) is 0 Å². The summed E-state index contributed by atoms with van der Waals surface area (Å²) in [6.45, 7) is 0. The molecule has 5 rings (SSSR count). The van der Waals surface area contributed by atoms with Gasteiger partial charge in [0.15, 0.2) is 0 Å². The third-order valence-electron chi connectivity index (χ3n) is 4.38. The molecule has 0 unspecified atom stereocenters. The third-order valence-corrected chi connectivity index (χ3v) is 5.16. The molecule has 1 saturated carbocycles. The normalized spacial score (nSPS) is 12.9. The van der Waals surface area contributed by atoms with Gasteiger partial charge in [0.25, 0.3) is 0 Å². The monoisotopic (exact) mass is 416 g/mol. The Labute approximate surface area is 181 Å². The van der Waals surface area contributed by atoms with Crippen LogP contribution in [0.5, 0.6) is 0 Å². The number of halogens is 2. The molecule has 0 aliphatic heterocycles. The Bertz CT molecular complexity index is 710. The van der Waals surface area contributed by atoms with Crippen molar-refractivity contribution >= 4 is 3.81 Å². The quantitative estimate of drug-likeness (QED) is 0.274. The summed E-state index contributed by atoms with van der Waals surface area (Å²) in [4.78, 5) is 0. The van der Waals surface area contributed by atoms with Gasteiger partial charge in [0.1, 0.15) is 0 Å². The van der Waals surface area contributed by atoms with Crippen molar-refractivity contribution in [3.63, 3.8) is 0 Å². The van der Waals surface area contributed by atoms with E-state index in [-0.39, 0.29) is 24.8 Å². The van der Waals surface area contributed by atoms with Gasteiger partial charge in [-0.3, -0.25) is 0 Å². The van der Waals surface area contributed by atoms with Gasteiger partial charge in [-0.2, -0.15) is 48.0 Å². The third kappa shape index (κ3) is 6.60. The fraction of sp³-hybridized carbons (Fsp3) is 0.217. The van der Waals surface area contributed by atoms with Crippen molar-refractivity contribution in [2.75, 3.05) is 0 Å². The van der Waals surface area contributed by atoms with Crippen molar-refractivity contribution in [3.8, 4) is 11.1 Å². The molecule has 2 aliphatic carbocycles. The summed E-state index contributed by atoms with van der Waals surface area (Å²) < 4.78 is 1.70. The molecule has 3 aromatic rings. The van der Waals surface area contributed by atoms with E-state index in [2.05, 4.69) is 62.4 Å². The van der Waals surface area contributed by atoms with Crippen LogP contribution in [0.15, 0.2) is 72.8 Å². The molecule has 0 spiro atoms. The molecule has 3 heteroatoms. The maximum atomic E-state index is 3.30. The van der Waals surface area contributed by atoms with E-state index >= 15 is 0 Å². The first kappa shape index (κ1) is 23.0. The molecular weight excluding hydrogens is 395 g/mol. The second-order valence-corrected chi connectivity index (χ2v) is 7.27. The van der Waals surface area contributed by atoms with Gasteiger partial charge in [-0.1, -0.05) is 35.4 Å². The van der Waals surface area contributed by atoms with E-state index in [0.29, 0.717) is 0 Å². The molecule has 3 aromatic carbocycles. The number of hydrogen-bond acceptors (Lipinski definition) is 0. The van der Waals surface area contributed by atoms with Crippen LogP contribution in [0.3, 0.4) is 0 Å². The van der Waals surface area contributed by atoms with Crippen LogP contribution in [0.1, 0.15) is 36.8 Å².